The Morgan fingerprint density at radius 2 is 0.972 bits per heavy atom. The third-order valence-electron chi connectivity index (χ3n) is 7.64. The minimum Gasteiger partial charge on any atom is -0.362 e. The Morgan fingerprint density at radius 1 is 0.556 bits per heavy atom. The summed E-state index contributed by atoms with van der Waals surface area (Å²) >= 11 is 0. The van der Waals surface area contributed by atoms with E-state index in [0.717, 1.165) is 12.3 Å². The Kier molecular flexibility index (Phi) is 5.68. The molecule has 0 bridgehead atoms. The van der Waals surface area contributed by atoms with Crippen molar-refractivity contribution in [2.24, 2.45) is 0 Å². The number of hydrogen-bond acceptors (Lipinski definition) is 2. The van der Waals surface area contributed by atoms with Gasteiger partial charge in [-0.1, -0.05) is 133 Å². The van der Waals surface area contributed by atoms with Crippen molar-refractivity contribution in [3.05, 3.63) is 133 Å². The lowest BCUT2D eigenvalue weighted by Crippen LogP contribution is -2.41. The van der Waals surface area contributed by atoms with Gasteiger partial charge in [0.15, 0.2) is 0 Å². The fourth-order valence-corrected chi connectivity index (χ4v) is 11.1. The Balaban J connectivity index is 1.27. The first-order chi connectivity index (χ1) is 17.8. The standard InChI is InChI=1S/C32H28O2P2/c1-5-13-25(14-6-1)35(26-15-7-2-8-16-26)23-31-22-21-29-30(33-29)32(31,34-31)24-36(27-17-9-3-10-18-27)28-19-11-4-12-20-28/h1-22,29-30H,23-24H2. The Labute approximate surface area is 215 Å². The quantitative estimate of drug-likeness (QED) is 0.189. The fourth-order valence-electron chi connectivity index (χ4n) is 5.71. The zero-order valence-electron chi connectivity index (χ0n) is 20.0. The monoisotopic (exact) mass is 506 g/mol. The van der Waals surface area contributed by atoms with E-state index in [0.29, 0.717) is 0 Å². The first kappa shape index (κ1) is 22.6. The van der Waals surface area contributed by atoms with Crippen LogP contribution in [0.5, 0.6) is 0 Å². The van der Waals surface area contributed by atoms with Crippen LogP contribution in [0.1, 0.15) is 0 Å². The molecule has 4 unspecified atom stereocenters. The molecule has 7 rings (SSSR count). The maximum absolute atomic E-state index is 6.97. The smallest absolute Gasteiger partial charge is 0.136 e. The molecule has 4 heteroatoms. The summed E-state index contributed by atoms with van der Waals surface area (Å²) in [4.78, 5) is 0. The number of benzene rings is 4. The molecule has 4 aromatic rings. The van der Waals surface area contributed by atoms with Gasteiger partial charge in [-0.25, -0.2) is 0 Å². The van der Waals surface area contributed by atoms with Crippen molar-refractivity contribution >= 4 is 37.1 Å². The van der Waals surface area contributed by atoms with Crippen LogP contribution in [0.3, 0.4) is 0 Å². The predicted octanol–water partition coefficient (Wildman–Crippen LogP) is 5.10. The van der Waals surface area contributed by atoms with E-state index in [4.69, 9.17) is 9.47 Å². The molecule has 4 atom stereocenters. The van der Waals surface area contributed by atoms with Crippen molar-refractivity contribution in [2.45, 2.75) is 23.4 Å². The van der Waals surface area contributed by atoms with E-state index in [1.54, 1.807) is 0 Å². The number of ether oxygens (including phenoxy) is 2. The molecule has 178 valence electrons. The molecule has 2 fully saturated rings. The molecule has 0 radical (unpaired) electrons. The van der Waals surface area contributed by atoms with Crippen molar-refractivity contribution < 1.29 is 9.47 Å². The molecule has 2 nitrogen and oxygen atoms in total. The van der Waals surface area contributed by atoms with Crippen molar-refractivity contribution in [3.8, 4) is 0 Å². The Morgan fingerprint density at radius 3 is 1.42 bits per heavy atom. The molecule has 0 N–H and O–H groups in total. The summed E-state index contributed by atoms with van der Waals surface area (Å²) in [6.07, 6.45) is 6.92. The average Bonchev–Trinajstić information content (AvgIpc) is 3.86. The lowest BCUT2D eigenvalue weighted by Gasteiger charge is -2.28. The molecule has 0 aromatic heterocycles. The van der Waals surface area contributed by atoms with E-state index < -0.39 is 15.8 Å². The highest BCUT2D eigenvalue weighted by Crippen LogP contribution is 2.67. The number of epoxide rings is 2. The average molecular weight is 507 g/mol. The van der Waals surface area contributed by atoms with Crippen molar-refractivity contribution in [2.75, 3.05) is 12.3 Å². The maximum atomic E-state index is 6.97. The molecular weight excluding hydrogens is 478 g/mol. The molecule has 3 aliphatic rings. The second-order valence-electron chi connectivity index (χ2n) is 9.78. The molecule has 36 heavy (non-hydrogen) atoms. The van der Waals surface area contributed by atoms with E-state index in [2.05, 4.69) is 133 Å². The lowest BCUT2D eigenvalue weighted by molar-refractivity contribution is 0.245. The van der Waals surface area contributed by atoms with E-state index in [1.807, 2.05) is 0 Å². The largest absolute Gasteiger partial charge is 0.362 e. The highest BCUT2D eigenvalue weighted by atomic mass is 31.1. The highest BCUT2D eigenvalue weighted by molar-refractivity contribution is 7.73. The van der Waals surface area contributed by atoms with E-state index >= 15 is 0 Å². The zero-order valence-corrected chi connectivity index (χ0v) is 21.8. The molecular formula is C32H28O2P2. The normalized spacial score (nSPS) is 27.5. The SMILES string of the molecule is C1=CC2(CP(c3ccccc3)c3ccccc3)OC2(CP(c2ccccc2)c2ccccc2)C2OC12. The van der Waals surface area contributed by atoms with Crippen molar-refractivity contribution in [3.63, 3.8) is 0 Å². The van der Waals surface area contributed by atoms with Gasteiger partial charge in [-0.3, -0.25) is 0 Å². The molecule has 2 heterocycles. The summed E-state index contributed by atoms with van der Waals surface area (Å²) in [6.45, 7) is 0. The maximum Gasteiger partial charge on any atom is 0.136 e. The summed E-state index contributed by atoms with van der Waals surface area (Å²) < 4.78 is 13.2. The third kappa shape index (κ3) is 3.89. The predicted molar refractivity (Wildman–Crippen MR) is 152 cm³/mol. The van der Waals surface area contributed by atoms with Gasteiger partial charge in [0.25, 0.3) is 0 Å². The van der Waals surface area contributed by atoms with Gasteiger partial charge in [-0.2, -0.15) is 0 Å². The van der Waals surface area contributed by atoms with Gasteiger partial charge in [0.1, 0.15) is 23.4 Å². The van der Waals surface area contributed by atoms with Crippen LogP contribution in [0.25, 0.3) is 0 Å². The van der Waals surface area contributed by atoms with Crippen LogP contribution < -0.4 is 21.2 Å². The van der Waals surface area contributed by atoms with Crippen LogP contribution in [0.2, 0.25) is 0 Å². The first-order valence-electron chi connectivity index (χ1n) is 12.6. The topological polar surface area (TPSA) is 25.1 Å². The molecule has 2 saturated heterocycles. The minimum atomic E-state index is -0.578. The van der Waals surface area contributed by atoms with Gasteiger partial charge >= 0.3 is 0 Å². The highest BCUT2D eigenvalue weighted by Gasteiger charge is 2.80. The first-order valence-corrected chi connectivity index (χ1v) is 15.6. The molecule has 0 saturated carbocycles. The molecule has 2 aliphatic heterocycles. The van der Waals surface area contributed by atoms with Crippen LogP contribution in [0.4, 0.5) is 0 Å². The van der Waals surface area contributed by atoms with E-state index in [-0.39, 0.29) is 23.4 Å². The summed E-state index contributed by atoms with van der Waals surface area (Å²) in [5.74, 6) is 0. The van der Waals surface area contributed by atoms with Crippen LogP contribution in [0, 0.1) is 0 Å². The number of fused-ring (bicyclic) bond motifs is 3. The summed E-state index contributed by atoms with van der Waals surface area (Å²) in [6, 6.07) is 44.0. The van der Waals surface area contributed by atoms with Gasteiger partial charge in [0, 0.05) is 12.3 Å². The van der Waals surface area contributed by atoms with Gasteiger partial charge < -0.3 is 9.47 Å². The second-order valence-corrected chi connectivity index (χ2v) is 14.2. The Bertz CT molecular complexity index is 1280. The Hall–Kier alpha value is -2.60. The molecule has 1 aliphatic carbocycles. The van der Waals surface area contributed by atoms with E-state index in [1.165, 1.54) is 21.2 Å². The van der Waals surface area contributed by atoms with Gasteiger partial charge in [-0.05, 0) is 37.1 Å². The second kappa shape index (κ2) is 9.05. The van der Waals surface area contributed by atoms with Crippen molar-refractivity contribution in [1.82, 2.24) is 0 Å². The summed E-state index contributed by atoms with van der Waals surface area (Å²) in [5.41, 5.74) is -0.555. The third-order valence-corrected chi connectivity index (χ3v) is 12.9. The summed E-state index contributed by atoms with van der Waals surface area (Å²) in [7, 11) is -1.15. The molecule has 0 amide bonds. The number of rotatable bonds is 8. The van der Waals surface area contributed by atoms with Crippen LogP contribution in [-0.2, 0) is 9.47 Å². The summed E-state index contributed by atoms with van der Waals surface area (Å²) in [5, 5.41) is 5.60. The van der Waals surface area contributed by atoms with Gasteiger partial charge in [0.2, 0.25) is 0 Å². The van der Waals surface area contributed by atoms with Gasteiger partial charge in [0.05, 0.1) is 0 Å². The van der Waals surface area contributed by atoms with Crippen LogP contribution in [0.15, 0.2) is 133 Å². The fraction of sp³-hybridized carbons (Fsp3) is 0.188. The molecule has 0 spiro atoms. The van der Waals surface area contributed by atoms with Crippen LogP contribution >= 0.6 is 15.8 Å². The molecule has 4 aromatic carbocycles. The van der Waals surface area contributed by atoms with Gasteiger partial charge in [-0.15, -0.1) is 0 Å². The van der Waals surface area contributed by atoms with E-state index in [9.17, 15) is 0 Å². The van der Waals surface area contributed by atoms with Crippen LogP contribution in [-0.4, -0.2) is 35.7 Å². The zero-order chi connectivity index (χ0) is 24.0. The van der Waals surface area contributed by atoms with Crippen molar-refractivity contribution in [1.29, 1.82) is 0 Å². The number of hydrogen-bond donors (Lipinski definition) is 0. The lowest BCUT2D eigenvalue weighted by atomic mass is 9.86. The minimum absolute atomic E-state index is 0.156.